The van der Waals surface area contributed by atoms with Gasteiger partial charge in [-0.05, 0) is 24.5 Å². The molecule has 1 fully saturated rings. The van der Waals surface area contributed by atoms with Crippen LogP contribution in [0, 0.1) is 17.2 Å². The minimum absolute atomic E-state index is 0.0454. The van der Waals surface area contributed by atoms with E-state index in [0.717, 1.165) is 37.7 Å². The number of benzene rings is 1. The van der Waals surface area contributed by atoms with Crippen molar-refractivity contribution >= 4 is 41.1 Å². The Hall–Kier alpha value is -2.50. The van der Waals surface area contributed by atoms with Crippen LogP contribution in [0.4, 0.5) is 0 Å². The standard InChI is InChI=1S/C20H20ClN3O4S/c1-28-20(27)17-16(12-6-2-3-7-14(12)21)13(10-22)19(23-18(17)26)29-11-15(25)24-8-4-5-9-24/h2-3,6-7,16-17H,4-5,8-9,11H2,1H3,(H,23,26)/t16-,17-/m0/s1. The lowest BCUT2D eigenvalue weighted by molar-refractivity contribution is -0.150. The summed E-state index contributed by atoms with van der Waals surface area (Å²) >= 11 is 7.41. The molecule has 29 heavy (non-hydrogen) atoms. The fourth-order valence-corrected chi connectivity index (χ4v) is 4.78. The summed E-state index contributed by atoms with van der Waals surface area (Å²) in [5, 5.41) is 13.1. The van der Waals surface area contributed by atoms with Crippen LogP contribution in [-0.2, 0) is 19.1 Å². The molecule has 2 heterocycles. The number of hydrogen-bond donors (Lipinski definition) is 1. The van der Waals surface area contributed by atoms with E-state index in [1.54, 1.807) is 29.2 Å². The molecule has 0 saturated carbocycles. The maximum absolute atomic E-state index is 12.8. The van der Waals surface area contributed by atoms with Gasteiger partial charge in [-0.25, -0.2) is 0 Å². The van der Waals surface area contributed by atoms with Crippen molar-refractivity contribution in [1.29, 1.82) is 5.26 Å². The molecule has 9 heteroatoms. The molecule has 2 aliphatic heterocycles. The molecule has 0 unspecified atom stereocenters. The van der Waals surface area contributed by atoms with Crippen molar-refractivity contribution in [3.05, 3.63) is 45.5 Å². The van der Waals surface area contributed by atoms with Gasteiger partial charge in [-0.3, -0.25) is 14.4 Å². The molecule has 1 N–H and O–H groups in total. The van der Waals surface area contributed by atoms with E-state index < -0.39 is 23.7 Å². The summed E-state index contributed by atoms with van der Waals surface area (Å²) in [6.07, 6.45) is 1.96. The second kappa shape index (κ2) is 9.33. The minimum Gasteiger partial charge on any atom is -0.468 e. The Labute approximate surface area is 178 Å². The van der Waals surface area contributed by atoms with E-state index in [4.69, 9.17) is 16.3 Å². The van der Waals surface area contributed by atoms with E-state index in [0.29, 0.717) is 10.6 Å². The highest BCUT2D eigenvalue weighted by molar-refractivity contribution is 8.03. The van der Waals surface area contributed by atoms with Gasteiger partial charge in [-0.2, -0.15) is 5.26 Å². The zero-order valence-electron chi connectivity index (χ0n) is 15.8. The monoisotopic (exact) mass is 433 g/mol. The van der Waals surface area contributed by atoms with Crippen LogP contribution in [0.3, 0.4) is 0 Å². The molecule has 2 aliphatic rings. The van der Waals surface area contributed by atoms with Crippen LogP contribution in [0.2, 0.25) is 5.02 Å². The Morgan fingerprint density at radius 1 is 1.34 bits per heavy atom. The van der Waals surface area contributed by atoms with Gasteiger partial charge in [0, 0.05) is 24.0 Å². The van der Waals surface area contributed by atoms with Gasteiger partial charge in [0.2, 0.25) is 11.8 Å². The zero-order valence-corrected chi connectivity index (χ0v) is 17.4. The first-order chi connectivity index (χ1) is 14.0. The summed E-state index contributed by atoms with van der Waals surface area (Å²) in [7, 11) is 1.19. The van der Waals surface area contributed by atoms with Gasteiger partial charge < -0.3 is 15.0 Å². The normalized spacial score (nSPS) is 21.6. The van der Waals surface area contributed by atoms with Gasteiger partial charge in [-0.15, -0.1) is 0 Å². The van der Waals surface area contributed by atoms with Crippen molar-refractivity contribution in [3.8, 4) is 6.07 Å². The third kappa shape index (κ3) is 4.41. The molecule has 1 saturated heterocycles. The number of nitrogens with zero attached hydrogens (tertiary/aromatic N) is 2. The van der Waals surface area contributed by atoms with Gasteiger partial charge in [0.15, 0.2) is 0 Å². The van der Waals surface area contributed by atoms with Gasteiger partial charge in [-0.1, -0.05) is 41.6 Å². The maximum atomic E-state index is 12.8. The molecule has 0 spiro atoms. The van der Waals surface area contributed by atoms with Crippen molar-refractivity contribution < 1.29 is 19.1 Å². The van der Waals surface area contributed by atoms with Crippen molar-refractivity contribution in [3.63, 3.8) is 0 Å². The SMILES string of the molecule is COC(=O)[C@@H]1C(=O)NC(SCC(=O)N2CCCC2)=C(C#N)[C@@H]1c1ccccc1Cl. The number of amides is 2. The first kappa shape index (κ1) is 21.2. The fourth-order valence-electron chi connectivity index (χ4n) is 3.57. The Balaban J connectivity index is 1.97. The number of carbonyl (C=O) groups excluding carboxylic acids is 3. The number of nitrogens with one attached hydrogen (secondary N) is 1. The second-order valence-corrected chi connectivity index (χ2v) is 8.11. The molecule has 1 aromatic carbocycles. The third-order valence-electron chi connectivity index (χ3n) is 5.02. The fraction of sp³-hybridized carbons (Fsp3) is 0.400. The predicted octanol–water partition coefficient (Wildman–Crippen LogP) is 2.43. The maximum Gasteiger partial charge on any atom is 0.319 e. The second-order valence-electron chi connectivity index (χ2n) is 6.72. The Morgan fingerprint density at radius 3 is 2.66 bits per heavy atom. The summed E-state index contributed by atoms with van der Waals surface area (Å²) in [4.78, 5) is 39.3. The zero-order chi connectivity index (χ0) is 21.0. The number of hydrogen-bond acceptors (Lipinski definition) is 6. The highest BCUT2D eigenvalue weighted by Gasteiger charge is 2.45. The van der Waals surface area contributed by atoms with Gasteiger partial charge >= 0.3 is 5.97 Å². The molecule has 2 atom stereocenters. The van der Waals surface area contributed by atoms with Crippen LogP contribution in [0.5, 0.6) is 0 Å². The number of thioether (sulfide) groups is 1. The largest absolute Gasteiger partial charge is 0.468 e. The molecule has 0 radical (unpaired) electrons. The summed E-state index contributed by atoms with van der Waals surface area (Å²) in [6.45, 7) is 1.45. The average molecular weight is 434 g/mol. The van der Waals surface area contributed by atoms with Crippen LogP contribution in [0.25, 0.3) is 0 Å². The lowest BCUT2D eigenvalue weighted by Crippen LogP contribution is -2.44. The van der Waals surface area contributed by atoms with Gasteiger partial charge in [0.1, 0.15) is 5.92 Å². The van der Waals surface area contributed by atoms with Crippen LogP contribution in [0.15, 0.2) is 34.9 Å². The van der Waals surface area contributed by atoms with E-state index in [9.17, 15) is 19.6 Å². The number of halogens is 1. The molecule has 0 aliphatic carbocycles. The average Bonchev–Trinajstić information content (AvgIpc) is 3.26. The van der Waals surface area contributed by atoms with Gasteiger partial charge in [0.05, 0.1) is 29.5 Å². The molecular formula is C20H20ClN3O4S. The highest BCUT2D eigenvalue weighted by Crippen LogP contribution is 2.42. The van der Waals surface area contributed by atoms with Crippen LogP contribution < -0.4 is 5.32 Å². The first-order valence-corrected chi connectivity index (χ1v) is 10.5. The Morgan fingerprint density at radius 2 is 2.03 bits per heavy atom. The van der Waals surface area contributed by atoms with E-state index in [1.165, 1.54) is 7.11 Å². The molecular weight excluding hydrogens is 414 g/mol. The number of esters is 1. The van der Waals surface area contributed by atoms with Gasteiger partial charge in [0.25, 0.3) is 0 Å². The van der Waals surface area contributed by atoms with E-state index in [2.05, 4.69) is 11.4 Å². The van der Waals surface area contributed by atoms with Crippen LogP contribution >= 0.6 is 23.4 Å². The summed E-state index contributed by atoms with van der Waals surface area (Å²) in [5.74, 6) is -3.42. The minimum atomic E-state index is -1.24. The number of nitriles is 1. The lowest BCUT2D eigenvalue weighted by Gasteiger charge is -2.31. The smallest absolute Gasteiger partial charge is 0.319 e. The molecule has 0 aromatic heterocycles. The predicted molar refractivity (Wildman–Crippen MR) is 109 cm³/mol. The van der Waals surface area contributed by atoms with Crippen LogP contribution in [0.1, 0.15) is 24.3 Å². The quantitative estimate of drug-likeness (QED) is 0.565. The molecule has 7 nitrogen and oxygen atoms in total. The Kier molecular flexibility index (Phi) is 6.83. The molecule has 3 rings (SSSR count). The van der Waals surface area contributed by atoms with Crippen molar-refractivity contribution in [1.82, 2.24) is 10.2 Å². The highest BCUT2D eigenvalue weighted by atomic mass is 35.5. The van der Waals surface area contributed by atoms with E-state index >= 15 is 0 Å². The molecule has 0 bridgehead atoms. The third-order valence-corrected chi connectivity index (χ3v) is 6.37. The summed E-state index contributed by atoms with van der Waals surface area (Å²) < 4.78 is 4.80. The van der Waals surface area contributed by atoms with Crippen molar-refractivity contribution in [2.45, 2.75) is 18.8 Å². The van der Waals surface area contributed by atoms with E-state index in [1.807, 2.05) is 0 Å². The molecule has 1 aromatic rings. The number of likely N-dealkylation sites (tertiary alicyclic amines) is 1. The summed E-state index contributed by atoms with van der Waals surface area (Å²) in [6, 6.07) is 8.87. The molecule has 152 valence electrons. The number of allylic oxidation sites excluding steroid dienone is 1. The number of methoxy groups -OCH3 is 1. The summed E-state index contributed by atoms with van der Waals surface area (Å²) in [5.41, 5.74) is 0.673. The van der Waals surface area contributed by atoms with Crippen molar-refractivity contribution in [2.75, 3.05) is 26.0 Å². The first-order valence-electron chi connectivity index (χ1n) is 9.16. The molecule has 2 amide bonds. The van der Waals surface area contributed by atoms with E-state index in [-0.39, 0.29) is 22.3 Å². The Bertz CT molecular complexity index is 905. The lowest BCUT2D eigenvalue weighted by atomic mass is 9.78. The van der Waals surface area contributed by atoms with Crippen molar-refractivity contribution in [2.24, 2.45) is 5.92 Å². The van der Waals surface area contributed by atoms with Crippen LogP contribution in [-0.4, -0.2) is 48.6 Å². The topological polar surface area (TPSA) is 99.5 Å². The number of carbonyl (C=O) groups is 3. The number of rotatable bonds is 5. The number of ether oxygens (including phenoxy) is 1.